The molecule has 0 unspecified atom stereocenters. The van der Waals surface area contributed by atoms with Gasteiger partial charge >= 0.3 is 0 Å². The number of hydrogen-bond acceptors (Lipinski definition) is 6. The molecule has 0 saturated carbocycles. The highest BCUT2D eigenvalue weighted by atomic mass is 16.5. The van der Waals surface area contributed by atoms with E-state index in [2.05, 4.69) is 10.3 Å². The summed E-state index contributed by atoms with van der Waals surface area (Å²) in [5.74, 6) is 0.734. The van der Waals surface area contributed by atoms with E-state index in [-0.39, 0.29) is 24.0 Å². The molecule has 2 aromatic rings. The molecule has 29 heavy (non-hydrogen) atoms. The number of aryl methyl sites for hydroxylation is 1. The van der Waals surface area contributed by atoms with Crippen LogP contribution >= 0.6 is 0 Å². The molecule has 156 valence electrons. The number of imidazole rings is 1. The lowest BCUT2D eigenvalue weighted by Gasteiger charge is -2.25. The summed E-state index contributed by atoms with van der Waals surface area (Å²) in [7, 11) is 5.38. The van der Waals surface area contributed by atoms with Gasteiger partial charge in [-0.2, -0.15) is 0 Å². The molecule has 0 aliphatic carbocycles. The topological polar surface area (TPSA) is 88.9 Å². The number of likely N-dealkylation sites (tertiary alicyclic amines) is 1. The molecule has 9 heteroatoms. The number of nitrogens with one attached hydrogen (secondary N) is 1. The maximum atomic E-state index is 13.1. The standard InChI is InChI=1S/C20H27N5O4/c1-23-16-11-25(12-17(16)29-8-6-18(23)26)19(27)13-4-5-15-14(10-13)22-20(24(15)2)21-7-9-28-3/h4-5,10,16-17H,6-9,11-12H2,1-3H3,(H,21,22)/t16-,17-/m0/s1. The second-order valence-electron chi connectivity index (χ2n) is 7.56. The predicted molar refractivity (Wildman–Crippen MR) is 108 cm³/mol. The van der Waals surface area contributed by atoms with Gasteiger partial charge in [-0.3, -0.25) is 9.59 Å². The average molecular weight is 401 g/mol. The molecular weight excluding hydrogens is 374 g/mol. The Kier molecular flexibility index (Phi) is 5.42. The zero-order valence-electron chi connectivity index (χ0n) is 17.1. The summed E-state index contributed by atoms with van der Waals surface area (Å²) < 4.78 is 12.9. The minimum Gasteiger partial charge on any atom is -0.383 e. The third-order valence-electron chi connectivity index (χ3n) is 5.78. The van der Waals surface area contributed by atoms with Crippen molar-refractivity contribution in [3.05, 3.63) is 23.8 Å². The number of ether oxygens (including phenoxy) is 2. The average Bonchev–Trinajstić information content (AvgIpc) is 3.24. The molecule has 1 aromatic heterocycles. The lowest BCUT2D eigenvalue weighted by Crippen LogP contribution is -2.43. The number of anilines is 1. The highest BCUT2D eigenvalue weighted by molar-refractivity contribution is 5.98. The van der Waals surface area contributed by atoms with Crippen molar-refractivity contribution >= 4 is 28.8 Å². The summed E-state index contributed by atoms with van der Waals surface area (Å²) in [6, 6.07) is 5.47. The molecule has 2 amide bonds. The molecule has 0 bridgehead atoms. The van der Waals surface area contributed by atoms with E-state index in [1.807, 2.05) is 29.8 Å². The quantitative estimate of drug-likeness (QED) is 0.742. The van der Waals surface area contributed by atoms with Gasteiger partial charge in [-0.25, -0.2) is 4.98 Å². The van der Waals surface area contributed by atoms with Gasteiger partial charge in [0.05, 0.1) is 42.8 Å². The monoisotopic (exact) mass is 401 g/mol. The van der Waals surface area contributed by atoms with Crippen LogP contribution in [0.2, 0.25) is 0 Å². The van der Waals surface area contributed by atoms with Gasteiger partial charge in [-0.1, -0.05) is 0 Å². The zero-order valence-corrected chi connectivity index (χ0v) is 17.1. The molecule has 2 fully saturated rings. The second-order valence-corrected chi connectivity index (χ2v) is 7.56. The van der Waals surface area contributed by atoms with Crippen molar-refractivity contribution in [2.24, 2.45) is 7.05 Å². The summed E-state index contributed by atoms with van der Waals surface area (Å²) in [5.41, 5.74) is 2.29. The van der Waals surface area contributed by atoms with Gasteiger partial charge in [0.2, 0.25) is 11.9 Å². The SMILES string of the molecule is COCCNc1nc2cc(C(=O)N3C[C@@H]4OCCC(=O)N(C)[C@H]4C3)ccc2n1C. The summed E-state index contributed by atoms with van der Waals surface area (Å²) in [6.45, 7) is 2.62. The van der Waals surface area contributed by atoms with E-state index in [1.165, 1.54) is 0 Å². The van der Waals surface area contributed by atoms with Crippen LogP contribution in [0.1, 0.15) is 16.8 Å². The fourth-order valence-electron chi connectivity index (χ4n) is 4.06. The van der Waals surface area contributed by atoms with Crippen LogP contribution < -0.4 is 5.32 Å². The van der Waals surface area contributed by atoms with Crippen molar-refractivity contribution in [1.29, 1.82) is 0 Å². The first-order valence-electron chi connectivity index (χ1n) is 9.85. The van der Waals surface area contributed by atoms with Crippen molar-refractivity contribution in [3.8, 4) is 0 Å². The number of hydrogen-bond donors (Lipinski definition) is 1. The first-order chi connectivity index (χ1) is 14.0. The number of amides is 2. The lowest BCUT2D eigenvalue weighted by atomic mass is 10.1. The Balaban J connectivity index is 1.52. The molecule has 2 aliphatic rings. The van der Waals surface area contributed by atoms with Crippen LogP contribution in [-0.2, 0) is 21.3 Å². The first-order valence-corrected chi connectivity index (χ1v) is 9.85. The largest absolute Gasteiger partial charge is 0.383 e. The third kappa shape index (κ3) is 3.67. The van der Waals surface area contributed by atoms with Crippen LogP contribution in [0.25, 0.3) is 11.0 Å². The summed E-state index contributed by atoms with van der Waals surface area (Å²) in [5, 5.41) is 3.23. The number of fused-ring (bicyclic) bond motifs is 2. The van der Waals surface area contributed by atoms with E-state index in [9.17, 15) is 9.59 Å². The Morgan fingerprint density at radius 3 is 2.97 bits per heavy atom. The first kappa shape index (κ1) is 19.7. The molecule has 3 heterocycles. The number of benzene rings is 1. The summed E-state index contributed by atoms with van der Waals surface area (Å²) in [6.07, 6.45) is 0.264. The van der Waals surface area contributed by atoms with Gasteiger partial charge in [0.15, 0.2) is 0 Å². The molecule has 0 radical (unpaired) electrons. The Hall–Kier alpha value is -2.65. The Morgan fingerprint density at radius 1 is 1.34 bits per heavy atom. The Labute approximate surface area is 169 Å². The van der Waals surface area contributed by atoms with Gasteiger partial charge in [-0.05, 0) is 18.2 Å². The highest BCUT2D eigenvalue weighted by Gasteiger charge is 2.41. The Bertz CT molecular complexity index is 927. The summed E-state index contributed by atoms with van der Waals surface area (Å²) in [4.78, 5) is 33.3. The van der Waals surface area contributed by atoms with E-state index in [0.717, 1.165) is 17.0 Å². The number of carbonyl (C=O) groups excluding carboxylic acids is 2. The van der Waals surface area contributed by atoms with Gasteiger partial charge in [-0.15, -0.1) is 0 Å². The van der Waals surface area contributed by atoms with Crippen molar-refractivity contribution in [2.75, 3.05) is 52.3 Å². The van der Waals surface area contributed by atoms with E-state index >= 15 is 0 Å². The van der Waals surface area contributed by atoms with E-state index in [4.69, 9.17) is 9.47 Å². The minimum absolute atomic E-state index is 0.0650. The predicted octanol–water partition coefficient (Wildman–Crippen LogP) is 0.703. The Morgan fingerprint density at radius 2 is 2.17 bits per heavy atom. The van der Waals surface area contributed by atoms with E-state index < -0.39 is 0 Å². The maximum Gasteiger partial charge on any atom is 0.254 e. The van der Waals surface area contributed by atoms with Crippen molar-refractivity contribution < 1.29 is 19.1 Å². The van der Waals surface area contributed by atoms with E-state index in [0.29, 0.717) is 44.8 Å². The van der Waals surface area contributed by atoms with Crippen LogP contribution in [0.15, 0.2) is 18.2 Å². The normalized spacial score (nSPS) is 22.1. The van der Waals surface area contributed by atoms with Crippen molar-refractivity contribution in [2.45, 2.75) is 18.6 Å². The molecule has 2 aliphatic heterocycles. The number of rotatable bonds is 5. The highest BCUT2D eigenvalue weighted by Crippen LogP contribution is 2.25. The van der Waals surface area contributed by atoms with Crippen LogP contribution in [0.4, 0.5) is 5.95 Å². The van der Waals surface area contributed by atoms with Crippen LogP contribution in [0.3, 0.4) is 0 Å². The van der Waals surface area contributed by atoms with Crippen LogP contribution in [0, 0.1) is 0 Å². The second kappa shape index (κ2) is 8.00. The molecule has 2 saturated heterocycles. The number of aromatic nitrogens is 2. The van der Waals surface area contributed by atoms with Gasteiger partial charge in [0.25, 0.3) is 5.91 Å². The van der Waals surface area contributed by atoms with Gasteiger partial charge in [0, 0.05) is 46.4 Å². The molecular formula is C20H27N5O4. The molecule has 4 rings (SSSR count). The van der Waals surface area contributed by atoms with Crippen molar-refractivity contribution in [3.63, 3.8) is 0 Å². The fourth-order valence-corrected chi connectivity index (χ4v) is 4.06. The smallest absolute Gasteiger partial charge is 0.254 e. The van der Waals surface area contributed by atoms with Crippen LogP contribution in [-0.4, -0.2) is 90.3 Å². The lowest BCUT2D eigenvalue weighted by molar-refractivity contribution is -0.131. The molecule has 1 N–H and O–H groups in total. The molecule has 9 nitrogen and oxygen atoms in total. The fraction of sp³-hybridized carbons (Fsp3) is 0.550. The van der Waals surface area contributed by atoms with Crippen LogP contribution in [0.5, 0.6) is 0 Å². The number of carbonyl (C=O) groups is 2. The molecule has 2 atom stereocenters. The molecule has 1 aromatic carbocycles. The van der Waals surface area contributed by atoms with Gasteiger partial charge < -0.3 is 29.2 Å². The number of nitrogens with zero attached hydrogens (tertiary/aromatic N) is 4. The minimum atomic E-state index is -0.134. The maximum absolute atomic E-state index is 13.1. The number of methoxy groups -OCH3 is 1. The van der Waals surface area contributed by atoms with Crippen molar-refractivity contribution in [1.82, 2.24) is 19.4 Å². The zero-order chi connectivity index (χ0) is 20.5. The van der Waals surface area contributed by atoms with E-state index in [1.54, 1.807) is 24.0 Å². The summed E-state index contributed by atoms with van der Waals surface area (Å²) >= 11 is 0. The third-order valence-corrected chi connectivity index (χ3v) is 5.78. The van der Waals surface area contributed by atoms with Gasteiger partial charge in [0.1, 0.15) is 0 Å². The molecule has 0 spiro atoms. The number of likely N-dealkylation sites (N-methyl/N-ethyl adjacent to an activating group) is 1.